The number of hydrogen-bond acceptors (Lipinski definition) is 0. The van der Waals surface area contributed by atoms with E-state index < -0.39 is 28.3 Å². The van der Waals surface area contributed by atoms with Gasteiger partial charge in [-0.2, -0.15) is 0 Å². The van der Waals surface area contributed by atoms with Gasteiger partial charge >= 0.3 is 41.5 Å². The molecule has 0 aromatic carbocycles. The van der Waals surface area contributed by atoms with Crippen LogP contribution in [0.1, 0.15) is 0 Å². The zero-order valence-electron chi connectivity index (χ0n) is 2.63. The normalized spacial score (nSPS) is 11.8. The number of halogens is 3. The number of hydrogen-bond donors (Lipinski definition) is 0. The van der Waals surface area contributed by atoms with E-state index >= 15 is 0 Å². The van der Waals surface area contributed by atoms with Crippen LogP contribution in [0.15, 0.2) is 0 Å². The first kappa shape index (κ1) is 5.66. The van der Waals surface area contributed by atoms with Crippen molar-refractivity contribution in [1.82, 2.24) is 0 Å². The van der Waals surface area contributed by atoms with Crippen LogP contribution in [-0.4, -0.2) is 28.3 Å². The molecule has 0 fully saturated rings. The Balaban J connectivity index is 3.02. The van der Waals surface area contributed by atoms with Gasteiger partial charge in [0.1, 0.15) is 0 Å². The fraction of sp³-hybridized carbons (Fsp3) is 1.00. The van der Waals surface area contributed by atoms with Crippen molar-refractivity contribution in [3.63, 3.8) is 0 Å². The molecule has 0 nitrogen and oxygen atoms in total. The van der Waals surface area contributed by atoms with Crippen LogP contribution in [0, 0.1) is 0 Å². The minimum absolute atomic E-state index is 1.14. The van der Waals surface area contributed by atoms with Crippen LogP contribution in [0.4, 0.5) is 13.2 Å². The molecule has 0 atom stereocenters. The topological polar surface area (TPSA) is 0 Å². The van der Waals surface area contributed by atoms with Crippen LogP contribution in [-0.2, 0) is 0 Å². The van der Waals surface area contributed by atoms with Crippen molar-refractivity contribution >= 4 is 24.4 Å². The van der Waals surface area contributed by atoms with Gasteiger partial charge in [-0.1, -0.05) is 0 Å². The molecule has 0 aliphatic carbocycles. The molecule has 5 heavy (non-hydrogen) atoms. The van der Waals surface area contributed by atoms with E-state index in [-0.39, 0.29) is 0 Å². The Labute approximate surface area is 41.9 Å². The molecule has 0 aromatic rings. The van der Waals surface area contributed by atoms with Crippen LogP contribution in [0.3, 0.4) is 0 Å². The third-order valence-corrected chi connectivity index (χ3v) is 0. The predicted molar refractivity (Wildman–Crippen MR) is 14.6 cm³/mol. The zero-order valence-corrected chi connectivity index (χ0v) is 8.34. The van der Waals surface area contributed by atoms with Crippen LogP contribution in [0.25, 0.3) is 0 Å². The predicted octanol–water partition coefficient (Wildman–Crippen LogP) is 0.139. The maximum absolute atomic E-state index is 10.4. The van der Waals surface area contributed by atoms with Crippen molar-refractivity contribution in [2.45, 2.75) is 3.93 Å². The third-order valence-electron chi connectivity index (χ3n) is 0. The molecule has 0 rings (SSSR count). The minimum atomic E-state index is -3.79. The Morgan fingerprint density at radius 1 is 1.20 bits per heavy atom. The SMILES string of the molecule is F[C](F)(F)[InH2]. The molecule has 0 unspecified atom stereocenters. The summed E-state index contributed by atoms with van der Waals surface area (Å²) in [5.41, 5.74) is 0. The van der Waals surface area contributed by atoms with Gasteiger partial charge < -0.3 is 0 Å². The molecule has 0 saturated heterocycles. The Morgan fingerprint density at radius 3 is 1.20 bits per heavy atom. The van der Waals surface area contributed by atoms with Crippen molar-refractivity contribution in [3.05, 3.63) is 0 Å². The molecular formula is CH2F3In. The van der Waals surface area contributed by atoms with E-state index in [0.717, 1.165) is 0 Å². The summed E-state index contributed by atoms with van der Waals surface area (Å²) >= 11 is -1.14. The quantitative estimate of drug-likeness (QED) is 0.504. The van der Waals surface area contributed by atoms with E-state index in [0.29, 0.717) is 0 Å². The summed E-state index contributed by atoms with van der Waals surface area (Å²) in [6, 6.07) is 0. The van der Waals surface area contributed by atoms with Crippen LogP contribution < -0.4 is 0 Å². The summed E-state index contributed by atoms with van der Waals surface area (Å²) in [5, 5.41) is 0. The van der Waals surface area contributed by atoms with Crippen LogP contribution in [0.2, 0.25) is 0 Å². The van der Waals surface area contributed by atoms with Gasteiger partial charge in [-0.25, -0.2) is 0 Å². The molecule has 0 spiro atoms. The van der Waals surface area contributed by atoms with Crippen molar-refractivity contribution < 1.29 is 13.2 Å². The molecular weight excluding hydrogens is 184 g/mol. The van der Waals surface area contributed by atoms with E-state index in [1.807, 2.05) is 0 Å². The Bertz CT molecular complexity index is 22.4. The second-order valence-electron chi connectivity index (χ2n) is 0.781. The van der Waals surface area contributed by atoms with E-state index in [1.165, 1.54) is 0 Å². The van der Waals surface area contributed by atoms with Gasteiger partial charge in [0.05, 0.1) is 0 Å². The molecule has 4 heteroatoms. The Morgan fingerprint density at radius 2 is 1.20 bits per heavy atom. The molecule has 30 valence electrons. The standard InChI is InChI=1S/CF3.In.2H/c2-1(3)4;;;. The molecule has 0 heterocycles. The monoisotopic (exact) mass is 186 g/mol. The van der Waals surface area contributed by atoms with E-state index in [9.17, 15) is 13.2 Å². The second-order valence-corrected chi connectivity index (χ2v) is 4.02. The summed E-state index contributed by atoms with van der Waals surface area (Å²) in [6.07, 6.45) is 0. The van der Waals surface area contributed by atoms with Crippen molar-refractivity contribution in [2.24, 2.45) is 0 Å². The first-order chi connectivity index (χ1) is 2.00. The summed E-state index contributed by atoms with van der Waals surface area (Å²) in [5.74, 6) is 0. The first-order valence-corrected chi connectivity index (χ1v) is 3.92. The van der Waals surface area contributed by atoms with E-state index in [2.05, 4.69) is 0 Å². The molecule has 0 N–H and O–H groups in total. The maximum atomic E-state index is 10.4. The second kappa shape index (κ2) is 1.41. The van der Waals surface area contributed by atoms with Gasteiger partial charge in [-0.3, -0.25) is 0 Å². The molecule has 0 radical (unpaired) electrons. The van der Waals surface area contributed by atoms with Crippen LogP contribution >= 0.6 is 0 Å². The molecule has 0 aromatic heterocycles. The van der Waals surface area contributed by atoms with Gasteiger partial charge in [0.25, 0.3) is 0 Å². The summed E-state index contributed by atoms with van der Waals surface area (Å²) in [6.45, 7) is 0. The average Bonchev–Trinajstić information content (AvgIpc) is 0.722. The van der Waals surface area contributed by atoms with Crippen LogP contribution in [0.5, 0.6) is 0 Å². The van der Waals surface area contributed by atoms with E-state index in [1.54, 1.807) is 0 Å². The fourth-order valence-electron chi connectivity index (χ4n) is 0. The Kier molecular flexibility index (Phi) is 1.59. The third kappa shape index (κ3) is 75.7. The molecule has 0 amide bonds. The number of rotatable bonds is 0. The van der Waals surface area contributed by atoms with Crippen molar-refractivity contribution in [1.29, 1.82) is 0 Å². The molecule has 0 bridgehead atoms. The van der Waals surface area contributed by atoms with Gasteiger partial charge in [0, 0.05) is 0 Å². The van der Waals surface area contributed by atoms with Gasteiger partial charge in [-0.05, 0) is 0 Å². The van der Waals surface area contributed by atoms with E-state index in [4.69, 9.17) is 0 Å². The molecule has 0 saturated carbocycles. The fourth-order valence-corrected chi connectivity index (χ4v) is 0. The molecule has 0 aliphatic rings. The zero-order chi connectivity index (χ0) is 4.50. The summed E-state index contributed by atoms with van der Waals surface area (Å²) in [7, 11) is 0. The van der Waals surface area contributed by atoms with Crippen molar-refractivity contribution in [2.75, 3.05) is 0 Å². The Hall–Kier alpha value is 0.660. The first-order valence-electron chi connectivity index (χ1n) is 1.07. The van der Waals surface area contributed by atoms with Gasteiger partial charge in [0.15, 0.2) is 0 Å². The van der Waals surface area contributed by atoms with Gasteiger partial charge in [-0.15, -0.1) is 0 Å². The average molecular weight is 186 g/mol. The van der Waals surface area contributed by atoms with Gasteiger partial charge in [0.2, 0.25) is 0 Å². The summed E-state index contributed by atoms with van der Waals surface area (Å²) in [4.78, 5) is 0. The van der Waals surface area contributed by atoms with Crippen molar-refractivity contribution in [3.8, 4) is 0 Å². The number of alkyl halides is 3. The molecule has 0 aliphatic heterocycles. The summed E-state index contributed by atoms with van der Waals surface area (Å²) < 4.78 is 27.6.